The van der Waals surface area contributed by atoms with Crippen molar-refractivity contribution < 1.29 is 14.3 Å². The van der Waals surface area contributed by atoms with Crippen molar-refractivity contribution in [1.29, 1.82) is 0 Å². The van der Waals surface area contributed by atoms with Crippen LogP contribution >= 0.6 is 0 Å². The van der Waals surface area contributed by atoms with Crippen LogP contribution in [-0.4, -0.2) is 30.1 Å². The summed E-state index contributed by atoms with van der Waals surface area (Å²) < 4.78 is 5.67. The van der Waals surface area contributed by atoms with E-state index in [0.29, 0.717) is 18.7 Å². The number of hydrogen-bond donors (Lipinski definition) is 3. The van der Waals surface area contributed by atoms with Crippen LogP contribution in [0.3, 0.4) is 0 Å². The quantitative estimate of drug-likeness (QED) is 0.738. The molecule has 2 unspecified atom stereocenters. The molecule has 2 amide bonds. The molecule has 2 aliphatic carbocycles. The second kappa shape index (κ2) is 6.42. The lowest BCUT2D eigenvalue weighted by Gasteiger charge is -2.57. The minimum atomic E-state index is -0.953. The number of carbonyl (C=O) groups excluding carboxylic acids is 2. The minimum Gasteiger partial charge on any atom is -0.378 e. The molecule has 2 saturated carbocycles. The fourth-order valence-corrected chi connectivity index (χ4v) is 3.29. The summed E-state index contributed by atoms with van der Waals surface area (Å²) in [5.41, 5.74) is 6.40. The van der Waals surface area contributed by atoms with E-state index in [4.69, 9.17) is 10.5 Å². The second-order valence-electron chi connectivity index (χ2n) is 7.64. The molecular formula is C19H27N3O3. The van der Waals surface area contributed by atoms with E-state index in [0.717, 1.165) is 18.5 Å². The molecule has 0 saturated heterocycles. The summed E-state index contributed by atoms with van der Waals surface area (Å²) in [7, 11) is 0. The van der Waals surface area contributed by atoms with Gasteiger partial charge in [-0.05, 0) is 44.0 Å². The summed E-state index contributed by atoms with van der Waals surface area (Å²) in [5, 5.41) is 5.76. The Balaban J connectivity index is 1.60. The van der Waals surface area contributed by atoms with Gasteiger partial charge in [0.05, 0.1) is 6.10 Å². The topological polar surface area (TPSA) is 93.4 Å². The van der Waals surface area contributed by atoms with Gasteiger partial charge >= 0.3 is 0 Å². The highest BCUT2D eigenvalue weighted by Gasteiger charge is 2.62. The Hall–Kier alpha value is -1.92. The number of carbonyl (C=O) groups is 2. The summed E-state index contributed by atoms with van der Waals surface area (Å²) >= 11 is 0. The maximum Gasteiger partial charge on any atom is 0.245 e. The zero-order chi connectivity index (χ0) is 18.2. The van der Waals surface area contributed by atoms with E-state index in [2.05, 4.69) is 10.6 Å². The van der Waals surface area contributed by atoms with E-state index in [1.54, 1.807) is 24.3 Å². The van der Waals surface area contributed by atoms with E-state index in [-0.39, 0.29) is 23.8 Å². The van der Waals surface area contributed by atoms with Gasteiger partial charge in [-0.1, -0.05) is 13.8 Å². The molecule has 3 rings (SSSR count). The number of nitrogens with two attached hydrogens (primary N) is 1. The first-order valence-corrected chi connectivity index (χ1v) is 8.91. The second-order valence-corrected chi connectivity index (χ2v) is 7.64. The van der Waals surface area contributed by atoms with Gasteiger partial charge < -0.3 is 21.1 Å². The smallest absolute Gasteiger partial charge is 0.245 e. The Morgan fingerprint density at radius 2 is 1.72 bits per heavy atom. The molecule has 2 fully saturated rings. The van der Waals surface area contributed by atoms with Crippen molar-refractivity contribution in [3.05, 3.63) is 24.3 Å². The van der Waals surface area contributed by atoms with Gasteiger partial charge in [-0.3, -0.25) is 9.59 Å². The van der Waals surface area contributed by atoms with Gasteiger partial charge in [0.15, 0.2) is 0 Å². The van der Waals surface area contributed by atoms with Crippen molar-refractivity contribution in [2.75, 3.05) is 17.2 Å². The zero-order valence-electron chi connectivity index (χ0n) is 15.1. The zero-order valence-corrected chi connectivity index (χ0v) is 15.1. The van der Waals surface area contributed by atoms with Gasteiger partial charge in [-0.2, -0.15) is 0 Å². The van der Waals surface area contributed by atoms with Crippen molar-refractivity contribution in [2.24, 2.45) is 17.1 Å². The van der Waals surface area contributed by atoms with Gasteiger partial charge in [0.1, 0.15) is 5.54 Å². The van der Waals surface area contributed by atoms with Crippen LogP contribution in [0.15, 0.2) is 24.3 Å². The highest BCUT2D eigenvalue weighted by Crippen LogP contribution is 2.50. The lowest BCUT2D eigenvalue weighted by molar-refractivity contribution is -0.166. The molecule has 2 atom stereocenters. The number of rotatable bonds is 6. The molecular weight excluding hydrogens is 318 g/mol. The lowest BCUT2D eigenvalue weighted by atomic mass is 9.54. The van der Waals surface area contributed by atoms with E-state index >= 15 is 0 Å². The Morgan fingerprint density at radius 3 is 2.20 bits per heavy atom. The molecule has 0 aliphatic heterocycles. The monoisotopic (exact) mass is 345 g/mol. The van der Waals surface area contributed by atoms with Crippen LogP contribution in [-0.2, 0) is 14.3 Å². The Bertz CT molecular complexity index is 667. The number of benzene rings is 1. The lowest BCUT2D eigenvalue weighted by Crippen LogP contribution is -2.74. The molecule has 1 aromatic rings. The predicted octanol–water partition coefficient (Wildman–Crippen LogP) is 2.51. The van der Waals surface area contributed by atoms with Gasteiger partial charge in [0.2, 0.25) is 11.8 Å². The Kier molecular flexibility index (Phi) is 4.60. The molecule has 0 heterocycles. The fraction of sp³-hybridized carbons (Fsp3) is 0.579. The molecule has 0 bridgehead atoms. The summed E-state index contributed by atoms with van der Waals surface area (Å²) in [6.07, 6.45) is 2.44. The van der Waals surface area contributed by atoms with Crippen molar-refractivity contribution in [3.63, 3.8) is 0 Å². The van der Waals surface area contributed by atoms with Crippen LogP contribution in [0.1, 0.15) is 40.0 Å². The van der Waals surface area contributed by atoms with Gasteiger partial charge in [-0.25, -0.2) is 0 Å². The third-order valence-corrected chi connectivity index (χ3v) is 5.59. The minimum absolute atomic E-state index is 0.00624. The van der Waals surface area contributed by atoms with Crippen LogP contribution in [0, 0.1) is 11.3 Å². The third-order valence-electron chi connectivity index (χ3n) is 5.59. The van der Waals surface area contributed by atoms with Crippen molar-refractivity contribution in [2.45, 2.75) is 51.7 Å². The summed E-state index contributed by atoms with van der Waals surface area (Å²) in [5.74, 6) is 0.0229. The molecule has 136 valence electrons. The number of ether oxygens (including phenoxy) is 1. The number of hydrogen-bond acceptors (Lipinski definition) is 4. The van der Waals surface area contributed by atoms with Crippen molar-refractivity contribution in [1.82, 2.24) is 0 Å². The van der Waals surface area contributed by atoms with Crippen LogP contribution in [0.5, 0.6) is 0 Å². The Labute approximate surface area is 148 Å². The maximum absolute atomic E-state index is 12.7. The number of amides is 2. The predicted molar refractivity (Wildman–Crippen MR) is 97.2 cm³/mol. The number of nitrogens with one attached hydrogen (secondary N) is 2. The van der Waals surface area contributed by atoms with Crippen LogP contribution < -0.4 is 16.4 Å². The molecule has 6 nitrogen and oxygen atoms in total. The summed E-state index contributed by atoms with van der Waals surface area (Å²) in [4.78, 5) is 24.4. The standard InChI is InChI=1S/C19H27N3O3/c1-4-25-15-11-19(20,18(15,2)3)17(24)22-14-9-7-13(8-10-14)21-16(23)12-5-6-12/h7-10,12,15H,4-6,11,20H2,1-3H3,(H,21,23)(H,22,24). The SMILES string of the molecule is CCOC1CC(N)(C(=O)Nc2ccc(NC(=O)C3CC3)cc2)C1(C)C. The van der Waals surface area contributed by atoms with E-state index < -0.39 is 11.0 Å². The van der Waals surface area contributed by atoms with Crippen LogP contribution in [0.2, 0.25) is 0 Å². The molecule has 25 heavy (non-hydrogen) atoms. The highest BCUT2D eigenvalue weighted by molar-refractivity contribution is 6.00. The molecule has 0 spiro atoms. The van der Waals surface area contributed by atoms with Crippen LogP contribution in [0.4, 0.5) is 11.4 Å². The first-order valence-electron chi connectivity index (χ1n) is 8.91. The summed E-state index contributed by atoms with van der Waals surface area (Å²) in [6.45, 7) is 6.48. The first-order chi connectivity index (χ1) is 11.8. The highest BCUT2D eigenvalue weighted by atomic mass is 16.5. The fourth-order valence-electron chi connectivity index (χ4n) is 3.29. The molecule has 0 aromatic heterocycles. The van der Waals surface area contributed by atoms with E-state index in [9.17, 15) is 9.59 Å². The molecule has 0 radical (unpaired) electrons. The normalized spacial score (nSPS) is 27.3. The van der Waals surface area contributed by atoms with Gasteiger partial charge in [0.25, 0.3) is 0 Å². The average Bonchev–Trinajstić information content (AvgIpc) is 3.41. The molecule has 2 aliphatic rings. The van der Waals surface area contributed by atoms with E-state index in [1.807, 2.05) is 20.8 Å². The molecule has 1 aromatic carbocycles. The largest absolute Gasteiger partial charge is 0.378 e. The maximum atomic E-state index is 12.7. The van der Waals surface area contributed by atoms with Crippen molar-refractivity contribution in [3.8, 4) is 0 Å². The average molecular weight is 345 g/mol. The van der Waals surface area contributed by atoms with E-state index in [1.165, 1.54) is 0 Å². The number of anilines is 2. The molecule has 4 N–H and O–H groups in total. The molecule has 6 heteroatoms. The van der Waals surface area contributed by atoms with Gasteiger partial charge in [-0.15, -0.1) is 0 Å². The van der Waals surface area contributed by atoms with Crippen molar-refractivity contribution >= 4 is 23.2 Å². The Morgan fingerprint density at radius 1 is 1.16 bits per heavy atom. The third kappa shape index (κ3) is 3.28. The van der Waals surface area contributed by atoms with Crippen LogP contribution in [0.25, 0.3) is 0 Å². The summed E-state index contributed by atoms with van der Waals surface area (Å²) in [6, 6.07) is 7.12. The van der Waals surface area contributed by atoms with Gasteiger partial charge in [0, 0.05) is 35.7 Å². The first kappa shape index (κ1) is 17.9.